The van der Waals surface area contributed by atoms with Crippen molar-refractivity contribution in [3.63, 3.8) is 0 Å². The number of carbonyl (C=O) groups is 1. The van der Waals surface area contributed by atoms with Crippen LogP contribution in [0.15, 0.2) is 53.0 Å². The summed E-state index contributed by atoms with van der Waals surface area (Å²) in [7, 11) is 0. The molecule has 0 bridgehead atoms. The smallest absolute Gasteiger partial charge is 0.174 e. The van der Waals surface area contributed by atoms with Crippen molar-refractivity contribution in [1.82, 2.24) is 0 Å². The zero-order valence-corrected chi connectivity index (χ0v) is 12.0. The van der Waals surface area contributed by atoms with Crippen molar-refractivity contribution in [1.29, 1.82) is 0 Å². The summed E-state index contributed by atoms with van der Waals surface area (Å²) in [4.78, 5) is 12.8. The normalized spacial score (nSPS) is 16.1. The second kappa shape index (κ2) is 4.49. The van der Waals surface area contributed by atoms with Gasteiger partial charge < -0.3 is 5.73 Å². The van der Waals surface area contributed by atoms with E-state index in [-0.39, 0.29) is 11.2 Å². The van der Waals surface area contributed by atoms with Gasteiger partial charge in [-0.1, -0.05) is 30.3 Å². The summed E-state index contributed by atoms with van der Waals surface area (Å²) >= 11 is 3.44. The van der Waals surface area contributed by atoms with E-state index in [2.05, 4.69) is 15.9 Å². The van der Waals surface area contributed by atoms with Crippen molar-refractivity contribution in [3.8, 4) is 0 Å². The maximum Gasteiger partial charge on any atom is 0.174 e. The third kappa shape index (κ3) is 2.08. The van der Waals surface area contributed by atoms with Gasteiger partial charge in [0.2, 0.25) is 0 Å². The third-order valence-corrected chi connectivity index (χ3v) is 4.40. The Balaban J connectivity index is 2.01. The van der Waals surface area contributed by atoms with Gasteiger partial charge in [0.25, 0.3) is 0 Å². The van der Waals surface area contributed by atoms with Crippen LogP contribution < -0.4 is 5.73 Å². The van der Waals surface area contributed by atoms with E-state index in [4.69, 9.17) is 5.73 Å². The standard InChI is InChI=1S/C16H14BrNO/c17-14-10-12(18)6-7-13(14)15(19)16(8-9-16)11-4-2-1-3-5-11/h1-7,10H,8-9,18H2. The highest BCUT2D eigenvalue weighted by atomic mass is 79.9. The van der Waals surface area contributed by atoms with Gasteiger partial charge in [0.05, 0.1) is 5.41 Å². The molecule has 0 unspecified atom stereocenters. The Morgan fingerprint density at radius 3 is 2.37 bits per heavy atom. The quantitative estimate of drug-likeness (QED) is 0.688. The largest absolute Gasteiger partial charge is 0.399 e. The lowest BCUT2D eigenvalue weighted by molar-refractivity contribution is 0.0945. The lowest BCUT2D eigenvalue weighted by Gasteiger charge is -2.15. The first-order valence-electron chi connectivity index (χ1n) is 6.29. The van der Waals surface area contributed by atoms with E-state index in [0.29, 0.717) is 5.69 Å². The zero-order valence-electron chi connectivity index (χ0n) is 10.4. The first kappa shape index (κ1) is 12.4. The first-order valence-corrected chi connectivity index (χ1v) is 7.08. The Bertz CT molecular complexity index is 632. The van der Waals surface area contributed by atoms with Gasteiger partial charge in [0.15, 0.2) is 5.78 Å². The van der Waals surface area contributed by atoms with Crippen LogP contribution in [0, 0.1) is 0 Å². The molecule has 1 saturated carbocycles. The van der Waals surface area contributed by atoms with Gasteiger partial charge in [-0.2, -0.15) is 0 Å². The molecule has 3 rings (SSSR count). The van der Waals surface area contributed by atoms with Gasteiger partial charge in [0.1, 0.15) is 0 Å². The van der Waals surface area contributed by atoms with Crippen LogP contribution in [0.2, 0.25) is 0 Å². The maximum absolute atomic E-state index is 12.8. The third-order valence-electron chi connectivity index (χ3n) is 3.75. The van der Waals surface area contributed by atoms with Crippen LogP contribution in [-0.2, 0) is 5.41 Å². The van der Waals surface area contributed by atoms with E-state index in [1.807, 2.05) is 36.4 Å². The molecule has 2 nitrogen and oxygen atoms in total. The highest BCUT2D eigenvalue weighted by Crippen LogP contribution is 2.51. The summed E-state index contributed by atoms with van der Waals surface area (Å²) < 4.78 is 0.778. The number of hydrogen-bond donors (Lipinski definition) is 1. The second-order valence-electron chi connectivity index (χ2n) is 5.02. The van der Waals surface area contributed by atoms with Crippen molar-refractivity contribution >= 4 is 27.4 Å². The van der Waals surface area contributed by atoms with Gasteiger partial charge in [-0.15, -0.1) is 0 Å². The molecule has 0 atom stereocenters. The van der Waals surface area contributed by atoms with Gasteiger partial charge >= 0.3 is 0 Å². The SMILES string of the molecule is Nc1ccc(C(=O)C2(c3ccccc3)CC2)c(Br)c1. The number of anilines is 1. The lowest BCUT2D eigenvalue weighted by atomic mass is 9.87. The average Bonchev–Trinajstić information content (AvgIpc) is 3.20. The van der Waals surface area contributed by atoms with E-state index >= 15 is 0 Å². The predicted octanol–water partition coefficient (Wildman–Crippen LogP) is 3.95. The molecule has 0 radical (unpaired) electrons. The number of hydrogen-bond acceptors (Lipinski definition) is 2. The molecule has 3 heteroatoms. The topological polar surface area (TPSA) is 43.1 Å². The summed E-state index contributed by atoms with van der Waals surface area (Å²) in [5.74, 6) is 0.186. The summed E-state index contributed by atoms with van der Waals surface area (Å²) in [5.41, 5.74) is 7.90. The first-order chi connectivity index (χ1) is 9.13. The lowest BCUT2D eigenvalue weighted by Crippen LogP contribution is -2.21. The zero-order chi connectivity index (χ0) is 13.5. The number of rotatable bonds is 3. The van der Waals surface area contributed by atoms with Crippen LogP contribution in [-0.4, -0.2) is 5.78 Å². The van der Waals surface area contributed by atoms with Gasteiger partial charge in [0, 0.05) is 15.7 Å². The highest BCUT2D eigenvalue weighted by Gasteiger charge is 2.51. The number of carbonyl (C=O) groups excluding carboxylic acids is 1. The van der Waals surface area contributed by atoms with E-state index in [1.54, 1.807) is 12.1 Å². The highest BCUT2D eigenvalue weighted by molar-refractivity contribution is 9.10. The molecule has 1 aliphatic carbocycles. The number of nitrogen functional groups attached to an aromatic ring is 1. The average molecular weight is 316 g/mol. The Labute approximate surface area is 120 Å². The number of benzene rings is 2. The molecular formula is C16H14BrNO. The van der Waals surface area contributed by atoms with Crippen molar-refractivity contribution in [2.45, 2.75) is 18.3 Å². The Morgan fingerprint density at radius 2 is 1.79 bits per heavy atom. The predicted molar refractivity (Wildman–Crippen MR) is 80.2 cm³/mol. The minimum atomic E-state index is -0.320. The second-order valence-corrected chi connectivity index (χ2v) is 5.87. The molecule has 0 spiro atoms. The fraction of sp³-hybridized carbons (Fsp3) is 0.188. The molecule has 0 heterocycles. The van der Waals surface area contributed by atoms with E-state index in [0.717, 1.165) is 28.4 Å². The molecule has 2 aromatic rings. The summed E-state index contributed by atoms with van der Waals surface area (Å²) in [6, 6.07) is 15.4. The molecule has 19 heavy (non-hydrogen) atoms. The van der Waals surface area contributed by atoms with Crippen molar-refractivity contribution in [2.24, 2.45) is 0 Å². The molecular weight excluding hydrogens is 302 g/mol. The summed E-state index contributed by atoms with van der Waals surface area (Å²) in [5, 5.41) is 0. The number of ketones is 1. The van der Waals surface area contributed by atoms with Crippen LogP contribution >= 0.6 is 15.9 Å². The molecule has 0 aliphatic heterocycles. The van der Waals surface area contributed by atoms with Gasteiger partial charge in [-0.3, -0.25) is 4.79 Å². The minimum absolute atomic E-state index is 0.186. The van der Waals surface area contributed by atoms with Crippen LogP contribution in [0.4, 0.5) is 5.69 Å². The summed E-state index contributed by atoms with van der Waals surface area (Å²) in [6.07, 6.45) is 1.85. The molecule has 2 aromatic carbocycles. The Kier molecular flexibility index (Phi) is 2.94. The number of halogens is 1. The van der Waals surface area contributed by atoms with Crippen LogP contribution in [0.1, 0.15) is 28.8 Å². The number of nitrogens with two attached hydrogens (primary N) is 1. The van der Waals surface area contributed by atoms with E-state index in [9.17, 15) is 4.79 Å². The van der Waals surface area contributed by atoms with Crippen molar-refractivity contribution < 1.29 is 4.79 Å². The molecule has 96 valence electrons. The Hall–Kier alpha value is -1.61. The fourth-order valence-corrected chi connectivity index (χ4v) is 3.08. The van der Waals surface area contributed by atoms with Gasteiger partial charge in [-0.25, -0.2) is 0 Å². The van der Waals surface area contributed by atoms with Gasteiger partial charge in [-0.05, 0) is 52.5 Å². The Morgan fingerprint density at radius 1 is 1.11 bits per heavy atom. The molecule has 1 aliphatic rings. The fourth-order valence-electron chi connectivity index (χ4n) is 2.50. The molecule has 0 aromatic heterocycles. The van der Waals surface area contributed by atoms with E-state index in [1.165, 1.54) is 0 Å². The van der Waals surface area contributed by atoms with Crippen LogP contribution in [0.25, 0.3) is 0 Å². The molecule has 0 saturated heterocycles. The molecule has 1 fully saturated rings. The van der Waals surface area contributed by atoms with Crippen LogP contribution in [0.5, 0.6) is 0 Å². The maximum atomic E-state index is 12.8. The summed E-state index contributed by atoms with van der Waals surface area (Å²) in [6.45, 7) is 0. The monoisotopic (exact) mass is 315 g/mol. The number of Topliss-reactive ketones (excluding diaryl/α,β-unsaturated/α-hetero) is 1. The van der Waals surface area contributed by atoms with Crippen LogP contribution in [0.3, 0.4) is 0 Å². The minimum Gasteiger partial charge on any atom is -0.399 e. The van der Waals surface area contributed by atoms with Crippen molar-refractivity contribution in [2.75, 3.05) is 5.73 Å². The van der Waals surface area contributed by atoms with E-state index < -0.39 is 0 Å². The van der Waals surface area contributed by atoms with Crippen molar-refractivity contribution in [3.05, 3.63) is 64.1 Å². The molecule has 2 N–H and O–H groups in total. The molecule has 0 amide bonds.